The van der Waals surface area contributed by atoms with Crippen LogP contribution in [0, 0.1) is 0 Å². The van der Waals surface area contributed by atoms with Crippen molar-refractivity contribution in [1.82, 2.24) is 4.90 Å². The largest absolute Gasteiger partial charge is 0.340 e. The lowest BCUT2D eigenvalue weighted by Gasteiger charge is -2.34. The zero-order chi connectivity index (χ0) is 17.3. The van der Waals surface area contributed by atoms with Gasteiger partial charge < -0.3 is 9.80 Å². The second-order valence-corrected chi connectivity index (χ2v) is 8.89. The Morgan fingerprint density at radius 2 is 1.67 bits per heavy atom. The highest BCUT2D eigenvalue weighted by Gasteiger charge is 2.25. The summed E-state index contributed by atoms with van der Waals surface area (Å²) in [4.78, 5) is 7.50. The normalized spacial score (nSPS) is 13.8. The van der Waals surface area contributed by atoms with Gasteiger partial charge in [-0.05, 0) is 62.3 Å². The third-order valence-corrected chi connectivity index (χ3v) is 5.59. The molecule has 3 rings (SSSR count). The van der Waals surface area contributed by atoms with Crippen molar-refractivity contribution in [3.8, 4) is 0 Å². The SMILES string of the molecule is CN(C)CCCN1c2ccccc2Sc2cc(C(C)(C)C)ccc21. The van der Waals surface area contributed by atoms with Gasteiger partial charge in [-0.25, -0.2) is 0 Å². The van der Waals surface area contributed by atoms with E-state index in [0.717, 1.165) is 19.5 Å². The van der Waals surface area contributed by atoms with Crippen LogP contribution in [-0.4, -0.2) is 32.1 Å². The molecule has 1 aliphatic heterocycles. The fourth-order valence-electron chi connectivity index (χ4n) is 3.09. The molecule has 0 saturated heterocycles. The van der Waals surface area contributed by atoms with Gasteiger partial charge in [-0.2, -0.15) is 0 Å². The molecule has 0 amide bonds. The maximum Gasteiger partial charge on any atom is 0.0553 e. The number of hydrogen-bond donors (Lipinski definition) is 0. The fourth-order valence-corrected chi connectivity index (χ4v) is 4.22. The van der Waals surface area contributed by atoms with Crippen molar-refractivity contribution in [2.24, 2.45) is 0 Å². The lowest BCUT2D eigenvalue weighted by molar-refractivity contribution is 0.402. The number of nitrogens with zero attached hydrogens (tertiary/aromatic N) is 2. The zero-order valence-corrected chi connectivity index (χ0v) is 16.3. The molecule has 1 aliphatic rings. The second kappa shape index (κ2) is 6.81. The standard InChI is InChI=1S/C21H28N2S/c1-21(2,3)16-11-12-18-20(15-16)24-19-10-7-6-9-17(19)23(18)14-8-13-22(4)5/h6-7,9-12,15H,8,13-14H2,1-5H3. The van der Waals surface area contributed by atoms with E-state index < -0.39 is 0 Å². The smallest absolute Gasteiger partial charge is 0.0553 e. The molecule has 128 valence electrons. The van der Waals surface area contributed by atoms with E-state index in [1.54, 1.807) is 0 Å². The lowest BCUT2D eigenvalue weighted by atomic mass is 9.87. The van der Waals surface area contributed by atoms with Crippen LogP contribution in [0.3, 0.4) is 0 Å². The van der Waals surface area contributed by atoms with E-state index in [-0.39, 0.29) is 5.41 Å². The molecular weight excluding hydrogens is 312 g/mol. The molecule has 3 heteroatoms. The average molecular weight is 341 g/mol. The van der Waals surface area contributed by atoms with Crippen LogP contribution in [0.2, 0.25) is 0 Å². The molecule has 1 heterocycles. The van der Waals surface area contributed by atoms with Gasteiger partial charge in [0.1, 0.15) is 0 Å². The summed E-state index contributed by atoms with van der Waals surface area (Å²) in [5, 5.41) is 0. The van der Waals surface area contributed by atoms with Gasteiger partial charge in [0.05, 0.1) is 11.4 Å². The van der Waals surface area contributed by atoms with Crippen LogP contribution in [0.15, 0.2) is 52.3 Å². The molecule has 0 atom stereocenters. The monoisotopic (exact) mass is 340 g/mol. The van der Waals surface area contributed by atoms with Gasteiger partial charge >= 0.3 is 0 Å². The Labute approximate surface area is 150 Å². The van der Waals surface area contributed by atoms with Crippen molar-refractivity contribution >= 4 is 23.1 Å². The maximum absolute atomic E-state index is 2.50. The minimum Gasteiger partial charge on any atom is -0.340 e. The fraction of sp³-hybridized carbons (Fsp3) is 0.429. The number of benzene rings is 2. The first-order valence-electron chi connectivity index (χ1n) is 8.70. The summed E-state index contributed by atoms with van der Waals surface area (Å²) in [5.41, 5.74) is 4.28. The first kappa shape index (κ1) is 17.4. The highest BCUT2D eigenvalue weighted by molar-refractivity contribution is 7.99. The van der Waals surface area contributed by atoms with E-state index in [0.29, 0.717) is 0 Å². The third-order valence-electron chi connectivity index (χ3n) is 4.48. The van der Waals surface area contributed by atoms with Gasteiger partial charge in [-0.3, -0.25) is 0 Å². The van der Waals surface area contributed by atoms with E-state index >= 15 is 0 Å². The Kier molecular flexibility index (Phi) is 4.93. The Morgan fingerprint density at radius 3 is 2.38 bits per heavy atom. The number of fused-ring (bicyclic) bond motifs is 2. The van der Waals surface area contributed by atoms with Gasteiger partial charge in [0.15, 0.2) is 0 Å². The summed E-state index contributed by atoms with van der Waals surface area (Å²) in [5.74, 6) is 0. The Bertz CT molecular complexity index is 716. The third kappa shape index (κ3) is 3.62. The molecule has 0 unspecified atom stereocenters. The molecule has 0 aliphatic carbocycles. The number of para-hydroxylation sites is 1. The van der Waals surface area contributed by atoms with E-state index in [1.165, 1.54) is 26.7 Å². The van der Waals surface area contributed by atoms with E-state index in [1.807, 2.05) is 11.8 Å². The van der Waals surface area contributed by atoms with E-state index in [2.05, 4.69) is 87.1 Å². The van der Waals surface area contributed by atoms with Gasteiger partial charge in [0.25, 0.3) is 0 Å². The maximum atomic E-state index is 2.50. The summed E-state index contributed by atoms with van der Waals surface area (Å²) in [6, 6.07) is 15.8. The predicted molar refractivity (Wildman–Crippen MR) is 106 cm³/mol. The van der Waals surface area contributed by atoms with Crippen molar-refractivity contribution < 1.29 is 0 Å². The average Bonchev–Trinajstić information content (AvgIpc) is 2.52. The predicted octanol–water partition coefficient (Wildman–Crippen LogP) is 5.54. The van der Waals surface area contributed by atoms with Crippen LogP contribution >= 0.6 is 11.8 Å². The summed E-state index contributed by atoms with van der Waals surface area (Å²) in [7, 11) is 4.28. The summed E-state index contributed by atoms with van der Waals surface area (Å²) in [6.45, 7) is 9.01. The first-order chi connectivity index (χ1) is 11.4. The molecule has 0 fully saturated rings. The second-order valence-electron chi connectivity index (χ2n) is 7.81. The van der Waals surface area contributed by atoms with E-state index in [4.69, 9.17) is 0 Å². The van der Waals surface area contributed by atoms with Crippen molar-refractivity contribution in [2.75, 3.05) is 32.1 Å². The zero-order valence-electron chi connectivity index (χ0n) is 15.5. The molecule has 2 nitrogen and oxygen atoms in total. The summed E-state index contributed by atoms with van der Waals surface area (Å²) >= 11 is 1.90. The number of rotatable bonds is 4. The van der Waals surface area contributed by atoms with Crippen LogP contribution < -0.4 is 4.90 Å². The van der Waals surface area contributed by atoms with Crippen LogP contribution in [-0.2, 0) is 5.41 Å². The van der Waals surface area contributed by atoms with Crippen LogP contribution in [0.1, 0.15) is 32.8 Å². The summed E-state index contributed by atoms with van der Waals surface area (Å²) < 4.78 is 0. The molecule has 0 saturated carbocycles. The quantitative estimate of drug-likeness (QED) is 0.721. The Balaban J connectivity index is 1.97. The molecule has 0 bridgehead atoms. The van der Waals surface area contributed by atoms with E-state index in [9.17, 15) is 0 Å². The molecule has 0 N–H and O–H groups in total. The van der Waals surface area contributed by atoms with Crippen molar-refractivity contribution in [1.29, 1.82) is 0 Å². The molecule has 2 aromatic rings. The van der Waals surface area contributed by atoms with Crippen LogP contribution in [0.5, 0.6) is 0 Å². The van der Waals surface area contributed by atoms with Crippen molar-refractivity contribution in [2.45, 2.75) is 42.4 Å². The number of anilines is 2. The van der Waals surface area contributed by atoms with Gasteiger partial charge in [0.2, 0.25) is 0 Å². The minimum absolute atomic E-state index is 0.183. The molecule has 0 spiro atoms. The molecule has 0 radical (unpaired) electrons. The topological polar surface area (TPSA) is 6.48 Å². The molecule has 0 aromatic heterocycles. The molecule has 24 heavy (non-hydrogen) atoms. The first-order valence-corrected chi connectivity index (χ1v) is 9.51. The van der Waals surface area contributed by atoms with Crippen LogP contribution in [0.25, 0.3) is 0 Å². The molecule has 2 aromatic carbocycles. The van der Waals surface area contributed by atoms with Gasteiger partial charge in [0, 0.05) is 16.3 Å². The Morgan fingerprint density at radius 1 is 0.958 bits per heavy atom. The highest BCUT2D eigenvalue weighted by atomic mass is 32.2. The van der Waals surface area contributed by atoms with Gasteiger partial charge in [-0.15, -0.1) is 0 Å². The van der Waals surface area contributed by atoms with Crippen molar-refractivity contribution in [3.63, 3.8) is 0 Å². The lowest BCUT2D eigenvalue weighted by Crippen LogP contribution is -2.25. The molecular formula is C21H28N2S. The number of hydrogen-bond acceptors (Lipinski definition) is 3. The van der Waals surface area contributed by atoms with Gasteiger partial charge in [-0.1, -0.05) is 50.7 Å². The summed E-state index contributed by atoms with van der Waals surface area (Å²) in [6.07, 6.45) is 1.16. The van der Waals surface area contributed by atoms with Crippen molar-refractivity contribution in [3.05, 3.63) is 48.0 Å². The highest BCUT2D eigenvalue weighted by Crippen LogP contribution is 2.49. The Hall–Kier alpha value is -1.45. The van der Waals surface area contributed by atoms with Crippen LogP contribution in [0.4, 0.5) is 11.4 Å². The minimum atomic E-state index is 0.183.